The van der Waals surface area contributed by atoms with Gasteiger partial charge in [-0.25, -0.2) is 13.2 Å². The number of aryl methyl sites for hydroxylation is 1. The van der Waals surface area contributed by atoms with Gasteiger partial charge in [-0.3, -0.25) is 0 Å². The molecule has 0 spiro atoms. The van der Waals surface area contributed by atoms with Crippen molar-refractivity contribution in [1.82, 2.24) is 0 Å². The predicted molar refractivity (Wildman–Crippen MR) is 79.0 cm³/mol. The summed E-state index contributed by atoms with van der Waals surface area (Å²) >= 11 is 0. The molecule has 2 rings (SSSR count). The molecule has 0 saturated heterocycles. The average molecular weight is 304 g/mol. The Kier molecular flexibility index (Phi) is 4.43. The summed E-state index contributed by atoms with van der Waals surface area (Å²) in [5.41, 5.74) is 1.33. The lowest BCUT2D eigenvalue weighted by atomic mass is 10.2. The van der Waals surface area contributed by atoms with Crippen molar-refractivity contribution < 1.29 is 17.9 Å². The largest absolute Gasteiger partial charge is 0.462 e. The molecule has 0 radical (unpaired) electrons. The van der Waals surface area contributed by atoms with Gasteiger partial charge in [-0.05, 0) is 50.2 Å². The number of benzene rings is 2. The van der Waals surface area contributed by atoms with Gasteiger partial charge in [-0.1, -0.05) is 17.7 Å². The number of carbonyl (C=O) groups excluding carboxylic acids is 1. The Balaban J connectivity index is 2.33. The zero-order valence-electron chi connectivity index (χ0n) is 11.9. The van der Waals surface area contributed by atoms with Gasteiger partial charge < -0.3 is 4.74 Å². The Morgan fingerprint density at radius 2 is 1.43 bits per heavy atom. The number of hydrogen-bond donors (Lipinski definition) is 0. The van der Waals surface area contributed by atoms with Crippen LogP contribution in [0.3, 0.4) is 0 Å². The molecule has 0 bridgehead atoms. The zero-order chi connectivity index (χ0) is 15.5. The second kappa shape index (κ2) is 6.10. The summed E-state index contributed by atoms with van der Waals surface area (Å²) in [5, 5.41) is 0. The first-order valence-corrected chi connectivity index (χ1v) is 8.02. The van der Waals surface area contributed by atoms with E-state index in [1.54, 1.807) is 31.2 Å². The van der Waals surface area contributed by atoms with Crippen LogP contribution in [0.1, 0.15) is 22.8 Å². The van der Waals surface area contributed by atoms with Gasteiger partial charge >= 0.3 is 5.97 Å². The van der Waals surface area contributed by atoms with E-state index in [2.05, 4.69) is 0 Å². The Morgan fingerprint density at radius 1 is 0.952 bits per heavy atom. The van der Waals surface area contributed by atoms with Crippen molar-refractivity contribution in [2.75, 3.05) is 6.61 Å². The minimum Gasteiger partial charge on any atom is -0.462 e. The summed E-state index contributed by atoms with van der Waals surface area (Å²) in [7, 11) is -3.56. The van der Waals surface area contributed by atoms with Crippen molar-refractivity contribution in [1.29, 1.82) is 0 Å². The molecule has 0 aliphatic carbocycles. The fraction of sp³-hybridized carbons (Fsp3) is 0.188. The molecule has 0 aromatic heterocycles. The summed E-state index contributed by atoms with van der Waals surface area (Å²) < 4.78 is 29.7. The quantitative estimate of drug-likeness (QED) is 0.815. The highest BCUT2D eigenvalue weighted by Gasteiger charge is 2.18. The molecule has 0 saturated carbocycles. The van der Waals surface area contributed by atoms with E-state index < -0.39 is 15.8 Å². The fourth-order valence-electron chi connectivity index (χ4n) is 1.84. The molecule has 0 N–H and O–H groups in total. The summed E-state index contributed by atoms with van der Waals surface area (Å²) in [5.74, 6) is -0.461. The van der Waals surface area contributed by atoms with Gasteiger partial charge in [0.1, 0.15) is 0 Å². The van der Waals surface area contributed by atoms with E-state index >= 15 is 0 Å². The van der Waals surface area contributed by atoms with E-state index in [0.717, 1.165) is 5.56 Å². The monoisotopic (exact) mass is 304 g/mol. The first-order valence-electron chi connectivity index (χ1n) is 6.54. The van der Waals surface area contributed by atoms with Crippen molar-refractivity contribution in [2.24, 2.45) is 0 Å². The van der Waals surface area contributed by atoms with E-state index in [-0.39, 0.29) is 16.4 Å². The highest BCUT2D eigenvalue weighted by Crippen LogP contribution is 2.21. The molecule has 0 fully saturated rings. The smallest absolute Gasteiger partial charge is 0.338 e. The molecule has 110 valence electrons. The standard InChI is InChI=1S/C16H16O4S/c1-3-20-16(17)13-6-10-15(11-7-13)21(18,19)14-8-4-12(2)5-9-14/h4-11H,3H2,1-2H3. The Labute approximate surface area is 124 Å². The molecule has 5 heteroatoms. The van der Waals surface area contributed by atoms with Crippen molar-refractivity contribution in [2.45, 2.75) is 23.6 Å². The highest BCUT2D eigenvalue weighted by molar-refractivity contribution is 7.91. The van der Waals surface area contributed by atoms with Gasteiger partial charge in [0.25, 0.3) is 0 Å². The number of sulfone groups is 1. The fourth-order valence-corrected chi connectivity index (χ4v) is 3.10. The summed E-state index contributed by atoms with van der Waals surface area (Å²) in [6.45, 7) is 3.89. The summed E-state index contributed by atoms with van der Waals surface area (Å²) in [6, 6.07) is 12.4. The second-order valence-electron chi connectivity index (χ2n) is 4.56. The maximum Gasteiger partial charge on any atom is 0.338 e. The molecule has 0 aliphatic heterocycles. The van der Waals surface area contributed by atoms with Crippen molar-refractivity contribution in [3.8, 4) is 0 Å². The van der Waals surface area contributed by atoms with Gasteiger partial charge in [0.15, 0.2) is 0 Å². The molecular formula is C16H16O4S. The van der Waals surface area contributed by atoms with E-state index in [4.69, 9.17) is 4.74 Å². The third-order valence-electron chi connectivity index (χ3n) is 3.01. The molecule has 2 aromatic rings. The van der Waals surface area contributed by atoms with Crippen LogP contribution in [0.25, 0.3) is 0 Å². The lowest BCUT2D eigenvalue weighted by molar-refractivity contribution is 0.0526. The number of esters is 1. The Morgan fingerprint density at radius 3 is 1.90 bits per heavy atom. The van der Waals surface area contributed by atoms with E-state index in [1.165, 1.54) is 24.3 Å². The molecule has 2 aromatic carbocycles. The number of rotatable bonds is 4. The SMILES string of the molecule is CCOC(=O)c1ccc(S(=O)(=O)c2ccc(C)cc2)cc1. The average Bonchev–Trinajstić information content (AvgIpc) is 2.48. The van der Waals surface area contributed by atoms with Crippen LogP contribution < -0.4 is 0 Å². The van der Waals surface area contributed by atoms with Crippen molar-refractivity contribution in [3.63, 3.8) is 0 Å². The predicted octanol–water partition coefficient (Wildman–Crippen LogP) is 3.00. The lowest BCUT2D eigenvalue weighted by Crippen LogP contribution is -2.06. The molecular weight excluding hydrogens is 288 g/mol. The van der Waals surface area contributed by atoms with Crippen molar-refractivity contribution >= 4 is 15.8 Å². The van der Waals surface area contributed by atoms with Crippen LogP contribution in [0.5, 0.6) is 0 Å². The number of hydrogen-bond acceptors (Lipinski definition) is 4. The highest BCUT2D eigenvalue weighted by atomic mass is 32.2. The van der Waals surface area contributed by atoms with Gasteiger partial charge in [-0.15, -0.1) is 0 Å². The molecule has 0 atom stereocenters. The summed E-state index contributed by atoms with van der Waals surface area (Å²) in [6.07, 6.45) is 0. The van der Waals surface area contributed by atoms with Crippen molar-refractivity contribution in [3.05, 3.63) is 59.7 Å². The second-order valence-corrected chi connectivity index (χ2v) is 6.51. The van der Waals surface area contributed by atoms with Crippen LogP contribution in [-0.4, -0.2) is 21.0 Å². The minimum absolute atomic E-state index is 0.152. The third kappa shape index (κ3) is 3.31. The molecule has 4 nitrogen and oxygen atoms in total. The summed E-state index contributed by atoms with van der Waals surface area (Å²) in [4.78, 5) is 11.9. The lowest BCUT2D eigenvalue weighted by Gasteiger charge is -2.06. The van der Waals surface area contributed by atoms with Crippen LogP contribution in [0, 0.1) is 6.92 Å². The topological polar surface area (TPSA) is 60.4 Å². The number of carbonyl (C=O) groups is 1. The molecule has 0 amide bonds. The molecule has 0 heterocycles. The van der Waals surface area contributed by atoms with E-state index in [9.17, 15) is 13.2 Å². The first kappa shape index (κ1) is 15.3. The van der Waals surface area contributed by atoms with Crippen LogP contribution in [0.15, 0.2) is 58.3 Å². The van der Waals surface area contributed by atoms with Crippen LogP contribution in [0.2, 0.25) is 0 Å². The Hall–Kier alpha value is -2.14. The van der Waals surface area contributed by atoms with E-state index in [0.29, 0.717) is 5.56 Å². The normalized spacial score (nSPS) is 11.1. The van der Waals surface area contributed by atoms with Gasteiger partial charge in [0, 0.05) is 0 Å². The van der Waals surface area contributed by atoms with E-state index in [1.807, 2.05) is 6.92 Å². The van der Waals surface area contributed by atoms with Gasteiger partial charge in [-0.2, -0.15) is 0 Å². The minimum atomic E-state index is -3.56. The molecule has 0 unspecified atom stereocenters. The third-order valence-corrected chi connectivity index (χ3v) is 4.79. The zero-order valence-corrected chi connectivity index (χ0v) is 12.7. The van der Waals surface area contributed by atoms with Crippen LogP contribution in [-0.2, 0) is 14.6 Å². The Bertz CT molecular complexity index is 729. The maximum absolute atomic E-state index is 12.4. The molecule has 0 aliphatic rings. The molecule has 21 heavy (non-hydrogen) atoms. The van der Waals surface area contributed by atoms with Crippen LogP contribution >= 0.6 is 0 Å². The van der Waals surface area contributed by atoms with Crippen LogP contribution in [0.4, 0.5) is 0 Å². The van der Waals surface area contributed by atoms with Gasteiger partial charge in [0.2, 0.25) is 9.84 Å². The van der Waals surface area contributed by atoms with Gasteiger partial charge in [0.05, 0.1) is 22.0 Å². The first-order chi connectivity index (χ1) is 9.95. The number of ether oxygens (including phenoxy) is 1. The maximum atomic E-state index is 12.4.